The first kappa shape index (κ1) is 15.2. The van der Waals surface area contributed by atoms with Crippen molar-refractivity contribution in [2.45, 2.75) is 24.2 Å². The number of aliphatic hydroxyl groups is 3. The fourth-order valence-electron chi connectivity index (χ4n) is 2.76. The molecule has 1 aliphatic rings. The van der Waals surface area contributed by atoms with Gasteiger partial charge >= 0.3 is 5.97 Å². The van der Waals surface area contributed by atoms with Gasteiger partial charge in [0.05, 0.1) is 13.2 Å². The lowest BCUT2D eigenvalue weighted by molar-refractivity contribution is -0.161. The molecule has 3 atom stereocenters. The van der Waals surface area contributed by atoms with Gasteiger partial charge in [0.1, 0.15) is 6.10 Å². The second-order valence-electron chi connectivity index (χ2n) is 5.41. The van der Waals surface area contributed by atoms with E-state index in [1.165, 1.54) is 13.2 Å². The molecule has 3 rings (SSSR count). The number of fused-ring (bicyclic) bond motifs is 1. The summed E-state index contributed by atoms with van der Waals surface area (Å²) in [6, 6.07) is 7.50. The maximum Gasteiger partial charge on any atom is 0.342 e. The van der Waals surface area contributed by atoms with Gasteiger partial charge in [-0.2, -0.15) is 0 Å². The summed E-state index contributed by atoms with van der Waals surface area (Å²) in [6.07, 6.45) is -1.43. The SMILES string of the molecule is COC(=O)[C@]1(O)C=C(c2ccc3sccc3c2)[C@@H](O)C(O)C1. The smallest absolute Gasteiger partial charge is 0.342 e. The van der Waals surface area contributed by atoms with E-state index < -0.39 is 23.8 Å². The van der Waals surface area contributed by atoms with Crippen LogP contribution in [0.2, 0.25) is 0 Å². The molecule has 0 fully saturated rings. The first-order chi connectivity index (χ1) is 10.4. The summed E-state index contributed by atoms with van der Waals surface area (Å²) >= 11 is 1.60. The van der Waals surface area contributed by atoms with Crippen LogP contribution in [0.15, 0.2) is 35.7 Å². The number of hydrogen-bond acceptors (Lipinski definition) is 6. The van der Waals surface area contributed by atoms with E-state index in [4.69, 9.17) is 0 Å². The van der Waals surface area contributed by atoms with Crippen molar-refractivity contribution in [3.05, 3.63) is 41.3 Å². The predicted molar refractivity (Wildman–Crippen MR) is 83.4 cm³/mol. The van der Waals surface area contributed by atoms with Gasteiger partial charge < -0.3 is 20.1 Å². The van der Waals surface area contributed by atoms with Crippen molar-refractivity contribution in [2.75, 3.05) is 7.11 Å². The largest absolute Gasteiger partial charge is 0.467 e. The van der Waals surface area contributed by atoms with Crippen LogP contribution in [0.4, 0.5) is 0 Å². The molecule has 0 spiro atoms. The van der Waals surface area contributed by atoms with Crippen molar-refractivity contribution in [3.8, 4) is 0 Å². The lowest BCUT2D eigenvalue weighted by atomic mass is 9.80. The molecule has 2 aromatic rings. The zero-order valence-corrected chi connectivity index (χ0v) is 12.7. The Kier molecular flexibility index (Phi) is 3.78. The number of carbonyl (C=O) groups excluding carboxylic acids is 1. The zero-order valence-electron chi connectivity index (χ0n) is 11.9. The van der Waals surface area contributed by atoms with Gasteiger partial charge in [0.15, 0.2) is 5.60 Å². The molecule has 1 aliphatic carbocycles. The van der Waals surface area contributed by atoms with Crippen molar-refractivity contribution in [1.82, 2.24) is 0 Å². The molecule has 6 heteroatoms. The molecule has 1 aromatic heterocycles. The summed E-state index contributed by atoms with van der Waals surface area (Å²) in [5.74, 6) is -0.854. The Labute approximate surface area is 131 Å². The van der Waals surface area contributed by atoms with E-state index in [0.29, 0.717) is 11.1 Å². The third kappa shape index (κ3) is 2.44. The average Bonchev–Trinajstić information content (AvgIpc) is 2.97. The van der Waals surface area contributed by atoms with Gasteiger partial charge in [-0.1, -0.05) is 6.07 Å². The number of esters is 1. The molecule has 1 unspecified atom stereocenters. The number of aliphatic hydroxyl groups excluding tert-OH is 2. The third-order valence-electron chi connectivity index (χ3n) is 3.92. The second-order valence-corrected chi connectivity index (χ2v) is 6.35. The average molecular weight is 320 g/mol. The van der Waals surface area contributed by atoms with Crippen LogP contribution in [-0.2, 0) is 9.53 Å². The van der Waals surface area contributed by atoms with E-state index in [9.17, 15) is 20.1 Å². The quantitative estimate of drug-likeness (QED) is 0.726. The second kappa shape index (κ2) is 5.48. The number of benzene rings is 1. The Bertz CT molecular complexity index is 750. The van der Waals surface area contributed by atoms with Gasteiger partial charge in [0.2, 0.25) is 0 Å². The van der Waals surface area contributed by atoms with Crippen molar-refractivity contribution < 1.29 is 24.9 Å². The molecule has 0 bridgehead atoms. The van der Waals surface area contributed by atoms with Crippen LogP contribution in [0.3, 0.4) is 0 Å². The van der Waals surface area contributed by atoms with Crippen LogP contribution < -0.4 is 0 Å². The first-order valence-corrected chi connectivity index (χ1v) is 7.70. The summed E-state index contributed by atoms with van der Waals surface area (Å²) < 4.78 is 5.69. The third-order valence-corrected chi connectivity index (χ3v) is 4.82. The summed E-state index contributed by atoms with van der Waals surface area (Å²) in [5.41, 5.74) is -0.967. The predicted octanol–water partition coefficient (Wildman–Crippen LogP) is 1.31. The molecule has 0 aliphatic heterocycles. The molecular formula is C16H16O5S. The lowest BCUT2D eigenvalue weighted by Gasteiger charge is -2.34. The molecule has 0 amide bonds. The number of carbonyl (C=O) groups is 1. The number of hydrogen-bond donors (Lipinski definition) is 3. The topological polar surface area (TPSA) is 87.0 Å². The van der Waals surface area contributed by atoms with Crippen molar-refractivity contribution >= 4 is 33.0 Å². The standard InChI is InChI=1S/C16H16O5S/c1-21-15(19)16(20)7-11(14(18)12(17)8-16)9-2-3-13-10(6-9)4-5-22-13/h2-7,12,14,17-18,20H,8H2,1H3/t12?,14-,16+/m1/s1. The Balaban J connectivity index is 2.10. The highest BCUT2D eigenvalue weighted by atomic mass is 32.1. The maximum atomic E-state index is 11.8. The molecule has 0 radical (unpaired) electrons. The summed E-state index contributed by atoms with van der Waals surface area (Å²) in [7, 11) is 1.17. The normalized spacial score (nSPS) is 28.5. The van der Waals surface area contributed by atoms with Gasteiger partial charge in [-0.05, 0) is 46.2 Å². The lowest BCUT2D eigenvalue weighted by Crippen LogP contribution is -2.48. The minimum atomic E-state index is -1.94. The molecule has 5 nitrogen and oxygen atoms in total. The highest BCUT2D eigenvalue weighted by molar-refractivity contribution is 7.17. The fourth-order valence-corrected chi connectivity index (χ4v) is 3.53. The van der Waals surface area contributed by atoms with Gasteiger partial charge in [-0.3, -0.25) is 0 Å². The summed E-state index contributed by atoms with van der Waals surface area (Å²) in [5, 5.41) is 33.6. The molecule has 1 aromatic carbocycles. The van der Waals surface area contributed by atoms with Crippen molar-refractivity contribution in [1.29, 1.82) is 0 Å². The first-order valence-electron chi connectivity index (χ1n) is 6.82. The van der Waals surface area contributed by atoms with E-state index >= 15 is 0 Å². The number of methoxy groups -OCH3 is 1. The highest BCUT2D eigenvalue weighted by Gasteiger charge is 2.44. The van der Waals surface area contributed by atoms with Gasteiger partial charge in [0, 0.05) is 11.1 Å². The molecule has 1 heterocycles. The number of ether oxygens (including phenoxy) is 1. The monoisotopic (exact) mass is 320 g/mol. The van der Waals surface area contributed by atoms with E-state index in [1.807, 2.05) is 23.6 Å². The summed E-state index contributed by atoms with van der Waals surface area (Å²) in [6.45, 7) is 0. The Morgan fingerprint density at radius 2 is 2.14 bits per heavy atom. The van der Waals surface area contributed by atoms with Gasteiger partial charge in [0.25, 0.3) is 0 Å². The molecule has 0 saturated heterocycles. The minimum absolute atomic E-state index is 0.301. The van der Waals surface area contributed by atoms with E-state index in [0.717, 1.165) is 10.1 Å². The Morgan fingerprint density at radius 1 is 1.36 bits per heavy atom. The van der Waals surface area contributed by atoms with Crippen LogP contribution in [0, 0.1) is 0 Å². The Hall–Kier alpha value is -1.73. The van der Waals surface area contributed by atoms with E-state index in [1.54, 1.807) is 17.4 Å². The van der Waals surface area contributed by atoms with Crippen LogP contribution in [0.1, 0.15) is 12.0 Å². The number of thiophene rings is 1. The van der Waals surface area contributed by atoms with Crippen LogP contribution in [0.5, 0.6) is 0 Å². The minimum Gasteiger partial charge on any atom is -0.467 e. The van der Waals surface area contributed by atoms with Gasteiger partial charge in [-0.15, -0.1) is 11.3 Å². The van der Waals surface area contributed by atoms with E-state index in [-0.39, 0.29) is 6.42 Å². The van der Waals surface area contributed by atoms with Crippen LogP contribution in [0.25, 0.3) is 15.7 Å². The fraction of sp³-hybridized carbons (Fsp3) is 0.312. The zero-order chi connectivity index (χ0) is 15.9. The maximum absolute atomic E-state index is 11.8. The number of rotatable bonds is 2. The van der Waals surface area contributed by atoms with Crippen LogP contribution in [-0.4, -0.2) is 46.2 Å². The van der Waals surface area contributed by atoms with Crippen molar-refractivity contribution in [2.24, 2.45) is 0 Å². The molecular weight excluding hydrogens is 304 g/mol. The molecule has 0 saturated carbocycles. The summed E-state index contributed by atoms with van der Waals surface area (Å²) in [4.78, 5) is 11.8. The molecule has 116 valence electrons. The molecule has 22 heavy (non-hydrogen) atoms. The van der Waals surface area contributed by atoms with E-state index in [2.05, 4.69) is 4.74 Å². The van der Waals surface area contributed by atoms with Crippen LogP contribution >= 0.6 is 11.3 Å². The Morgan fingerprint density at radius 3 is 2.86 bits per heavy atom. The highest BCUT2D eigenvalue weighted by Crippen LogP contribution is 2.35. The van der Waals surface area contributed by atoms with Crippen molar-refractivity contribution in [3.63, 3.8) is 0 Å². The van der Waals surface area contributed by atoms with Gasteiger partial charge in [-0.25, -0.2) is 4.79 Å². The molecule has 3 N–H and O–H groups in total.